The fraction of sp³-hybridized carbons (Fsp3) is 0.478. The Morgan fingerprint density at radius 2 is 1.87 bits per heavy atom. The molecule has 2 fully saturated rings. The van der Waals surface area contributed by atoms with Crippen molar-refractivity contribution < 1.29 is 14.4 Å². The maximum absolute atomic E-state index is 12.8. The molecule has 164 valence electrons. The number of carbonyl (C=O) groups is 3. The zero-order chi connectivity index (χ0) is 22.2. The van der Waals surface area contributed by atoms with Crippen LogP contribution in [0.25, 0.3) is 5.69 Å². The number of benzene rings is 1. The van der Waals surface area contributed by atoms with Gasteiger partial charge in [-0.3, -0.25) is 9.59 Å². The van der Waals surface area contributed by atoms with Crippen LogP contribution in [0.2, 0.25) is 0 Å². The third-order valence-corrected chi connectivity index (χ3v) is 6.32. The summed E-state index contributed by atoms with van der Waals surface area (Å²) in [4.78, 5) is 38.9. The second-order valence-corrected chi connectivity index (χ2v) is 8.62. The highest BCUT2D eigenvalue weighted by Crippen LogP contribution is 2.35. The molecule has 0 radical (unpaired) electrons. The molecule has 1 saturated carbocycles. The van der Waals surface area contributed by atoms with E-state index in [1.165, 1.54) is 0 Å². The Morgan fingerprint density at radius 3 is 2.48 bits per heavy atom. The summed E-state index contributed by atoms with van der Waals surface area (Å²) in [5.41, 5.74) is 3.33. The van der Waals surface area contributed by atoms with Crippen LogP contribution >= 0.6 is 0 Å². The van der Waals surface area contributed by atoms with E-state index in [0.29, 0.717) is 25.8 Å². The summed E-state index contributed by atoms with van der Waals surface area (Å²) >= 11 is 0. The molecule has 1 aromatic carbocycles. The van der Waals surface area contributed by atoms with Crippen LogP contribution in [0.1, 0.15) is 49.6 Å². The first-order valence-corrected chi connectivity index (χ1v) is 10.9. The van der Waals surface area contributed by atoms with Gasteiger partial charge in [0.25, 0.3) is 5.91 Å². The lowest BCUT2D eigenvalue weighted by molar-refractivity contribution is -0.137. The Bertz CT molecular complexity index is 1000. The van der Waals surface area contributed by atoms with Crippen molar-refractivity contribution in [3.63, 3.8) is 0 Å². The molecule has 1 aliphatic carbocycles. The van der Waals surface area contributed by atoms with Crippen molar-refractivity contribution >= 4 is 17.8 Å². The Labute approximate surface area is 182 Å². The van der Waals surface area contributed by atoms with Gasteiger partial charge in [-0.15, -0.1) is 0 Å². The number of hydrogen-bond acceptors (Lipinski definition) is 4. The third kappa shape index (κ3) is 3.94. The summed E-state index contributed by atoms with van der Waals surface area (Å²) < 4.78 is 1.90. The normalized spacial score (nSPS) is 18.5. The molecule has 8 heteroatoms. The first-order chi connectivity index (χ1) is 14.8. The van der Waals surface area contributed by atoms with E-state index in [4.69, 9.17) is 0 Å². The van der Waals surface area contributed by atoms with E-state index in [1.54, 1.807) is 6.92 Å². The van der Waals surface area contributed by atoms with Gasteiger partial charge < -0.3 is 10.6 Å². The fourth-order valence-corrected chi connectivity index (χ4v) is 4.60. The Balaban J connectivity index is 1.31. The zero-order valence-electron chi connectivity index (χ0n) is 18.3. The number of urea groups is 1. The van der Waals surface area contributed by atoms with Crippen LogP contribution in [0, 0.1) is 13.8 Å². The molecule has 1 spiro atoms. The highest BCUT2D eigenvalue weighted by atomic mass is 16.2. The molecule has 2 aliphatic rings. The van der Waals surface area contributed by atoms with Gasteiger partial charge in [0, 0.05) is 12.2 Å². The van der Waals surface area contributed by atoms with E-state index < -0.39 is 17.6 Å². The second-order valence-electron chi connectivity index (χ2n) is 8.62. The number of hydrogen-bond donors (Lipinski definition) is 2. The number of nitrogens with zero attached hydrogens (tertiary/aromatic N) is 3. The first kappa shape index (κ1) is 21.1. The quantitative estimate of drug-likeness (QED) is 0.698. The van der Waals surface area contributed by atoms with Crippen molar-refractivity contribution in [2.24, 2.45) is 0 Å². The van der Waals surface area contributed by atoms with Gasteiger partial charge in [0.15, 0.2) is 0 Å². The molecule has 1 atom stereocenters. The summed E-state index contributed by atoms with van der Waals surface area (Å²) in [6, 6.07) is 8.78. The van der Waals surface area contributed by atoms with Gasteiger partial charge in [0.05, 0.1) is 11.4 Å². The predicted molar refractivity (Wildman–Crippen MR) is 116 cm³/mol. The molecule has 1 unspecified atom stereocenters. The zero-order valence-corrected chi connectivity index (χ0v) is 18.3. The van der Waals surface area contributed by atoms with Crippen LogP contribution in [0.4, 0.5) is 4.79 Å². The topological polar surface area (TPSA) is 96.3 Å². The number of nitrogens with one attached hydrogen (secondary N) is 2. The van der Waals surface area contributed by atoms with Crippen molar-refractivity contribution in [1.29, 1.82) is 0 Å². The van der Waals surface area contributed by atoms with Gasteiger partial charge in [-0.05, 0) is 63.8 Å². The third-order valence-electron chi connectivity index (χ3n) is 6.32. The Kier molecular flexibility index (Phi) is 5.56. The molecular formula is C23H29N5O3. The van der Waals surface area contributed by atoms with Gasteiger partial charge in [0.1, 0.15) is 11.6 Å². The SMILES string of the molecule is Cc1cc(C)n(-c2ccc(CCNC(=O)C(C)N3C(=O)NC4(CCCC4)C3=O)cc2)n1. The van der Waals surface area contributed by atoms with E-state index in [0.717, 1.165) is 40.4 Å². The van der Waals surface area contributed by atoms with Crippen LogP contribution in [0.3, 0.4) is 0 Å². The smallest absolute Gasteiger partial charge is 0.325 e. The summed E-state index contributed by atoms with van der Waals surface area (Å²) in [5, 5.41) is 10.2. The minimum absolute atomic E-state index is 0.266. The average molecular weight is 424 g/mol. The number of aromatic nitrogens is 2. The molecule has 2 heterocycles. The van der Waals surface area contributed by atoms with Crippen molar-refractivity contribution in [3.8, 4) is 5.69 Å². The summed E-state index contributed by atoms with van der Waals surface area (Å²) in [6.45, 7) is 6.01. The fourth-order valence-electron chi connectivity index (χ4n) is 4.60. The molecule has 1 aliphatic heterocycles. The molecule has 31 heavy (non-hydrogen) atoms. The molecular weight excluding hydrogens is 394 g/mol. The van der Waals surface area contributed by atoms with Crippen molar-refractivity contribution in [3.05, 3.63) is 47.3 Å². The summed E-state index contributed by atoms with van der Waals surface area (Å²) in [6.07, 6.45) is 3.78. The van der Waals surface area contributed by atoms with Gasteiger partial charge in [-0.25, -0.2) is 14.4 Å². The minimum atomic E-state index is -0.833. The monoisotopic (exact) mass is 423 g/mol. The predicted octanol–water partition coefficient (Wildman–Crippen LogP) is 2.40. The van der Waals surface area contributed by atoms with Crippen LogP contribution in [0.15, 0.2) is 30.3 Å². The summed E-state index contributed by atoms with van der Waals surface area (Å²) in [7, 11) is 0. The summed E-state index contributed by atoms with van der Waals surface area (Å²) in [5.74, 6) is -0.588. The van der Waals surface area contributed by atoms with Crippen LogP contribution < -0.4 is 10.6 Å². The van der Waals surface area contributed by atoms with Gasteiger partial charge in [-0.1, -0.05) is 25.0 Å². The average Bonchev–Trinajstić information content (AvgIpc) is 3.41. The van der Waals surface area contributed by atoms with E-state index in [2.05, 4.69) is 15.7 Å². The van der Waals surface area contributed by atoms with Crippen molar-refractivity contribution in [1.82, 2.24) is 25.3 Å². The lowest BCUT2D eigenvalue weighted by atomic mass is 9.97. The van der Waals surface area contributed by atoms with Crippen LogP contribution in [-0.2, 0) is 16.0 Å². The number of carbonyl (C=O) groups excluding carboxylic acids is 3. The van der Waals surface area contributed by atoms with Crippen molar-refractivity contribution in [2.75, 3.05) is 6.54 Å². The van der Waals surface area contributed by atoms with Crippen molar-refractivity contribution in [2.45, 2.75) is 64.5 Å². The highest BCUT2D eigenvalue weighted by molar-refractivity contribution is 6.09. The van der Waals surface area contributed by atoms with E-state index in [1.807, 2.05) is 48.9 Å². The van der Waals surface area contributed by atoms with E-state index in [9.17, 15) is 14.4 Å². The lowest BCUT2D eigenvalue weighted by Crippen LogP contribution is -2.50. The molecule has 1 aromatic heterocycles. The van der Waals surface area contributed by atoms with Crippen LogP contribution in [-0.4, -0.2) is 50.7 Å². The van der Waals surface area contributed by atoms with Gasteiger partial charge in [0.2, 0.25) is 5.91 Å². The van der Waals surface area contributed by atoms with Gasteiger partial charge >= 0.3 is 6.03 Å². The first-order valence-electron chi connectivity index (χ1n) is 10.9. The Morgan fingerprint density at radius 1 is 1.19 bits per heavy atom. The standard InChI is InChI=1S/C23H29N5O3/c1-15-14-16(2)28(26-15)19-8-6-18(7-9-19)10-13-24-20(29)17(3)27-21(30)23(25-22(27)31)11-4-5-12-23/h6-9,14,17H,4-5,10-13H2,1-3H3,(H,24,29)(H,25,31). The maximum atomic E-state index is 12.8. The number of aryl methyl sites for hydroxylation is 2. The number of amides is 4. The number of rotatable bonds is 6. The minimum Gasteiger partial charge on any atom is -0.354 e. The number of imide groups is 1. The lowest BCUT2D eigenvalue weighted by Gasteiger charge is -2.23. The molecule has 4 amide bonds. The van der Waals surface area contributed by atoms with E-state index >= 15 is 0 Å². The Hall–Kier alpha value is -3.16. The largest absolute Gasteiger partial charge is 0.354 e. The van der Waals surface area contributed by atoms with E-state index in [-0.39, 0.29) is 11.8 Å². The highest BCUT2D eigenvalue weighted by Gasteiger charge is 2.54. The molecule has 4 rings (SSSR count). The molecule has 2 N–H and O–H groups in total. The van der Waals surface area contributed by atoms with Gasteiger partial charge in [-0.2, -0.15) is 5.10 Å². The molecule has 0 bridgehead atoms. The molecule has 8 nitrogen and oxygen atoms in total. The molecule has 1 saturated heterocycles. The second kappa shape index (κ2) is 8.17. The molecule has 2 aromatic rings. The maximum Gasteiger partial charge on any atom is 0.325 e. The van der Waals surface area contributed by atoms with Crippen LogP contribution in [0.5, 0.6) is 0 Å².